The van der Waals surface area contributed by atoms with Crippen LogP contribution >= 0.6 is 0 Å². The molecule has 6 nitrogen and oxygen atoms in total. The number of para-hydroxylation sites is 2. The molecule has 0 N–H and O–H groups in total. The lowest BCUT2D eigenvalue weighted by molar-refractivity contribution is 0.627. The number of nitrogens with zero attached hydrogens (tertiary/aromatic N) is 5. The van der Waals surface area contributed by atoms with Crippen LogP contribution in [0.5, 0.6) is 0 Å². The van der Waals surface area contributed by atoms with Gasteiger partial charge in [-0.1, -0.05) is 24.3 Å². The highest BCUT2D eigenvalue weighted by Crippen LogP contribution is 2.28. The zero-order valence-corrected chi connectivity index (χ0v) is 15.6. The fourth-order valence-corrected chi connectivity index (χ4v) is 3.63. The molecule has 0 bridgehead atoms. The Morgan fingerprint density at radius 2 is 1.79 bits per heavy atom. The molecule has 3 aromatic heterocycles. The number of fused-ring (bicyclic) bond motifs is 4. The Bertz CT molecular complexity index is 1500. The molecule has 142 valence electrons. The van der Waals surface area contributed by atoms with E-state index in [0.717, 1.165) is 0 Å². The van der Waals surface area contributed by atoms with Crippen LogP contribution in [-0.4, -0.2) is 24.1 Å². The lowest BCUT2D eigenvalue weighted by Crippen LogP contribution is -2.23. The SMILES string of the molecule is C=CCn1c(C)nc2c(c1=O)c1nc3ccccc3nc1n2-c1cccc(F)c1. The fourth-order valence-electron chi connectivity index (χ4n) is 3.63. The molecule has 0 aliphatic heterocycles. The van der Waals surface area contributed by atoms with Crippen LogP contribution in [0.15, 0.2) is 66.0 Å². The fraction of sp³-hybridized carbons (Fsp3) is 0.0909. The van der Waals surface area contributed by atoms with Crippen LogP contribution < -0.4 is 5.56 Å². The van der Waals surface area contributed by atoms with E-state index in [1.54, 1.807) is 34.3 Å². The van der Waals surface area contributed by atoms with Crippen molar-refractivity contribution in [2.24, 2.45) is 0 Å². The van der Waals surface area contributed by atoms with E-state index < -0.39 is 0 Å². The van der Waals surface area contributed by atoms with Gasteiger partial charge >= 0.3 is 0 Å². The first-order valence-electron chi connectivity index (χ1n) is 9.13. The van der Waals surface area contributed by atoms with E-state index in [4.69, 9.17) is 9.97 Å². The molecule has 0 atom stereocenters. The molecule has 0 aliphatic carbocycles. The number of halogens is 1. The van der Waals surface area contributed by atoms with Crippen LogP contribution in [0.2, 0.25) is 0 Å². The lowest BCUT2D eigenvalue weighted by atomic mass is 10.3. The molecule has 5 aromatic rings. The standard InChI is InChI=1S/C22H16FN5O/c1-3-11-27-13(2)24-20-18(22(27)29)19-21(26-17-10-5-4-9-16(17)25-19)28(20)15-8-6-7-14(23)12-15/h3-10,12H,1,11H2,2H3. The largest absolute Gasteiger partial charge is 0.292 e. The number of aryl methyl sites for hydroxylation is 1. The van der Waals surface area contributed by atoms with Crippen LogP contribution in [0.1, 0.15) is 5.82 Å². The van der Waals surface area contributed by atoms with Gasteiger partial charge in [-0.2, -0.15) is 0 Å². The second-order valence-corrected chi connectivity index (χ2v) is 6.76. The molecule has 7 heteroatoms. The molecule has 29 heavy (non-hydrogen) atoms. The number of benzene rings is 2. The van der Waals surface area contributed by atoms with Gasteiger partial charge in [0.1, 0.15) is 22.5 Å². The van der Waals surface area contributed by atoms with Crippen molar-refractivity contribution in [1.29, 1.82) is 0 Å². The van der Waals surface area contributed by atoms with E-state index in [2.05, 4.69) is 11.6 Å². The number of hydrogen-bond acceptors (Lipinski definition) is 4. The highest BCUT2D eigenvalue weighted by molar-refractivity contribution is 6.05. The van der Waals surface area contributed by atoms with E-state index in [1.807, 2.05) is 24.3 Å². The molecule has 0 radical (unpaired) electrons. The number of allylic oxidation sites excluding steroid dienone is 1. The van der Waals surface area contributed by atoms with E-state index in [9.17, 15) is 9.18 Å². The van der Waals surface area contributed by atoms with Crippen molar-refractivity contribution < 1.29 is 4.39 Å². The summed E-state index contributed by atoms with van der Waals surface area (Å²) in [6, 6.07) is 13.6. The van der Waals surface area contributed by atoms with Crippen LogP contribution in [-0.2, 0) is 6.54 Å². The summed E-state index contributed by atoms with van der Waals surface area (Å²) >= 11 is 0. The summed E-state index contributed by atoms with van der Waals surface area (Å²) in [6.07, 6.45) is 1.65. The molecule has 0 saturated heterocycles. The Morgan fingerprint density at radius 3 is 2.52 bits per heavy atom. The van der Waals surface area contributed by atoms with Crippen LogP contribution in [0.25, 0.3) is 38.9 Å². The van der Waals surface area contributed by atoms with Crippen LogP contribution in [0.3, 0.4) is 0 Å². The summed E-state index contributed by atoms with van der Waals surface area (Å²) in [7, 11) is 0. The van der Waals surface area contributed by atoms with Gasteiger partial charge in [-0.3, -0.25) is 13.9 Å². The minimum absolute atomic E-state index is 0.225. The van der Waals surface area contributed by atoms with Gasteiger partial charge < -0.3 is 0 Å². The highest BCUT2D eigenvalue weighted by atomic mass is 19.1. The second kappa shape index (κ2) is 6.34. The Labute approximate surface area is 164 Å². The molecule has 0 amide bonds. The number of hydrogen-bond donors (Lipinski definition) is 0. The molecule has 0 unspecified atom stereocenters. The zero-order valence-electron chi connectivity index (χ0n) is 15.6. The maximum atomic E-state index is 14.0. The van der Waals surface area contributed by atoms with Crippen molar-refractivity contribution in [3.05, 3.63) is 83.2 Å². The number of rotatable bonds is 3. The predicted molar refractivity (Wildman–Crippen MR) is 111 cm³/mol. The van der Waals surface area contributed by atoms with Crippen molar-refractivity contribution in [1.82, 2.24) is 24.1 Å². The van der Waals surface area contributed by atoms with Crippen molar-refractivity contribution >= 4 is 33.2 Å². The third kappa shape index (κ3) is 2.55. The highest BCUT2D eigenvalue weighted by Gasteiger charge is 2.22. The molecule has 3 heterocycles. The Hall–Kier alpha value is -3.87. The summed E-state index contributed by atoms with van der Waals surface area (Å²) < 4.78 is 17.2. The second-order valence-electron chi connectivity index (χ2n) is 6.76. The lowest BCUT2D eigenvalue weighted by Gasteiger charge is -2.09. The Morgan fingerprint density at radius 1 is 1.03 bits per heavy atom. The van der Waals surface area contributed by atoms with Gasteiger partial charge in [0.25, 0.3) is 5.56 Å². The first-order chi connectivity index (χ1) is 14.1. The van der Waals surface area contributed by atoms with E-state index in [-0.39, 0.29) is 11.4 Å². The molecule has 2 aromatic carbocycles. The average Bonchev–Trinajstić information content (AvgIpc) is 3.02. The first kappa shape index (κ1) is 17.2. The van der Waals surface area contributed by atoms with Crippen LogP contribution in [0, 0.1) is 12.7 Å². The summed E-state index contributed by atoms with van der Waals surface area (Å²) in [6.45, 7) is 5.82. The van der Waals surface area contributed by atoms with Gasteiger partial charge in [0.2, 0.25) is 0 Å². The monoisotopic (exact) mass is 385 g/mol. The van der Waals surface area contributed by atoms with Crippen molar-refractivity contribution in [2.75, 3.05) is 0 Å². The van der Waals surface area contributed by atoms with Gasteiger partial charge in [0.05, 0.1) is 16.7 Å². The number of aromatic nitrogens is 5. The Balaban J connectivity index is 2.04. The third-order valence-electron chi connectivity index (χ3n) is 4.93. The van der Waals surface area contributed by atoms with E-state index in [0.29, 0.717) is 51.3 Å². The van der Waals surface area contributed by atoms with Gasteiger partial charge in [-0.05, 0) is 37.3 Å². The predicted octanol–water partition coefficient (Wildman–Crippen LogP) is 3.92. The topological polar surface area (TPSA) is 65.6 Å². The normalized spacial score (nSPS) is 11.5. The van der Waals surface area contributed by atoms with Crippen molar-refractivity contribution in [2.45, 2.75) is 13.5 Å². The minimum Gasteiger partial charge on any atom is -0.292 e. The molecule has 5 rings (SSSR count). The van der Waals surface area contributed by atoms with Gasteiger partial charge in [-0.25, -0.2) is 19.3 Å². The van der Waals surface area contributed by atoms with E-state index in [1.165, 1.54) is 12.1 Å². The molecular weight excluding hydrogens is 369 g/mol. The quantitative estimate of drug-likeness (QED) is 0.442. The summed E-state index contributed by atoms with van der Waals surface area (Å²) in [5.41, 5.74) is 2.98. The smallest absolute Gasteiger partial charge is 0.265 e. The Kier molecular flexibility index (Phi) is 3.77. The first-order valence-corrected chi connectivity index (χ1v) is 9.13. The summed E-state index contributed by atoms with van der Waals surface area (Å²) in [4.78, 5) is 27.4. The maximum absolute atomic E-state index is 14.0. The summed E-state index contributed by atoms with van der Waals surface area (Å²) in [5.74, 6) is 0.149. The molecule has 0 fully saturated rings. The van der Waals surface area contributed by atoms with Gasteiger partial charge in [0.15, 0.2) is 11.3 Å². The zero-order chi connectivity index (χ0) is 20.1. The van der Waals surface area contributed by atoms with Gasteiger partial charge in [0, 0.05) is 6.54 Å². The third-order valence-corrected chi connectivity index (χ3v) is 4.93. The molecule has 0 saturated carbocycles. The molecular formula is C22H16FN5O. The minimum atomic E-state index is -0.386. The van der Waals surface area contributed by atoms with Crippen molar-refractivity contribution in [3.63, 3.8) is 0 Å². The van der Waals surface area contributed by atoms with Crippen LogP contribution in [0.4, 0.5) is 4.39 Å². The molecule has 0 aliphatic rings. The molecule has 0 spiro atoms. The van der Waals surface area contributed by atoms with Crippen molar-refractivity contribution in [3.8, 4) is 5.69 Å². The summed E-state index contributed by atoms with van der Waals surface area (Å²) in [5, 5.41) is 0.356. The van der Waals surface area contributed by atoms with E-state index >= 15 is 0 Å². The average molecular weight is 385 g/mol. The van der Waals surface area contributed by atoms with Gasteiger partial charge in [-0.15, -0.1) is 6.58 Å². The maximum Gasteiger partial charge on any atom is 0.265 e.